The fourth-order valence-corrected chi connectivity index (χ4v) is 2.06. The fraction of sp³-hybridized carbons (Fsp3) is 1.00. The molecule has 0 radical (unpaired) electrons. The maximum absolute atomic E-state index is 8.66. The van der Waals surface area contributed by atoms with Crippen molar-refractivity contribution in [1.82, 2.24) is 4.90 Å². The number of unbranched alkanes of at least 4 members (excludes halogenated alkanes) is 3. The Morgan fingerprint density at radius 1 is 1.20 bits per heavy atom. The highest BCUT2D eigenvalue weighted by Crippen LogP contribution is 2.12. The van der Waals surface area contributed by atoms with Crippen molar-refractivity contribution in [2.75, 3.05) is 26.3 Å². The lowest BCUT2D eigenvalue weighted by atomic mass is 10.1. The number of ether oxygens (including phenoxy) is 1. The van der Waals surface area contributed by atoms with E-state index in [0.29, 0.717) is 18.8 Å². The molecule has 3 heteroatoms. The third kappa shape index (κ3) is 4.96. The highest BCUT2D eigenvalue weighted by molar-refractivity contribution is 4.74. The van der Waals surface area contributed by atoms with Crippen molar-refractivity contribution in [3.8, 4) is 0 Å². The van der Waals surface area contributed by atoms with E-state index in [1.807, 2.05) is 0 Å². The molecule has 1 rings (SSSR count). The summed E-state index contributed by atoms with van der Waals surface area (Å²) < 4.78 is 5.59. The van der Waals surface area contributed by atoms with Gasteiger partial charge in [-0.3, -0.25) is 4.90 Å². The molecule has 0 saturated carbocycles. The second-order valence-electron chi connectivity index (χ2n) is 4.63. The molecule has 1 N–H and O–H groups in total. The average Bonchev–Trinajstić information content (AvgIpc) is 2.23. The fourth-order valence-electron chi connectivity index (χ4n) is 2.06. The predicted molar refractivity (Wildman–Crippen MR) is 62.0 cm³/mol. The second kappa shape index (κ2) is 7.20. The summed E-state index contributed by atoms with van der Waals surface area (Å²) in [6.07, 6.45) is 4.98. The first-order valence-corrected chi connectivity index (χ1v) is 6.20. The van der Waals surface area contributed by atoms with Crippen molar-refractivity contribution in [2.45, 2.75) is 51.7 Å². The maximum Gasteiger partial charge on any atom is 0.0674 e. The van der Waals surface area contributed by atoms with Gasteiger partial charge in [-0.15, -0.1) is 0 Å². The number of hydrogen-bond donors (Lipinski definition) is 1. The Hall–Kier alpha value is -0.120. The van der Waals surface area contributed by atoms with Gasteiger partial charge in [0.15, 0.2) is 0 Å². The maximum atomic E-state index is 8.66. The molecule has 0 aromatic heterocycles. The molecule has 1 aliphatic rings. The minimum Gasteiger partial charge on any atom is -0.396 e. The molecular formula is C12H25NO2. The SMILES string of the molecule is CC1CN(CCCCCCO)C(C)CO1. The summed E-state index contributed by atoms with van der Waals surface area (Å²) in [4.78, 5) is 2.52. The molecule has 3 nitrogen and oxygen atoms in total. The van der Waals surface area contributed by atoms with Crippen molar-refractivity contribution in [1.29, 1.82) is 0 Å². The normalized spacial score (nSPS) is 28.2. The molecule has 90 valence electrons. The third-order valence-corrected chi connectivity index (χ3v) is 3.09. The molecule has 0 spiro atoms. The van der Waals surface area contributed by atoms with Crippen LogP contribution in [0.3, 0.4) is 0 Å². The first kappa shape index (κ1) is 12.9. The molecule has 1 aliphatic heterocycles. The lowest BCUT2D eigenvalue weighted by Gasteiger charge is -2.36. The van der Waals surface area contributed by atoms with Crippen LogP contribution < -0.4 is 0 Å². The smallest absolute Gasteiger partial charge is 0.0674 e. The van der Waals surface area contributed by atoms with Crippen molar-refractivity contribution in [3.63, 3.8) is 0 Å². The predicted octanol–water partition coefficient (Wildman–Crippen LogP) is 1.65. The van der Waals surface area contributed by atoms with Gasteiger partial charge in [0.05, 0.1) is 12.7 Å². The number of nitrogens with zero attached hydrogens (tertiary/aromatic N) is 1. The highest BCUT2D eigenvalue weighted by atomic mass is 16.5. The molecule has 15 heavy (non-hydrogen) atoms. The van der Waals surface area contributed by atoms with Crippen LogP contribution in [0.15, 0.2) is 0 Å². The van der Waals surface area contributed by atoms with Gasteiger partial charge < -0.3 is 9.84 Å². The van der Waals surface area contributed by atoms with E-state index in [1.165, 1.54) is 19.4 Å². The Balaban J connectivity index is 2.08. The van der Waals surface area contributed by atoms with Gasteiger partial charge in [0.25, 0.3) is 0 Å². The Morgan fingerprint density at radius 2 is 1.93 bits per heavy atom. The van der Waals surface area contributed by atoms with E-state index in [9.17, 15) is 0 Å². The van der Waals surface area contributed by atoms with Crippen LogP contribution in [0, 0.1) is 0 Å². The Morgan fingerprint density at radius 3 is 2.67 bits per heavy atom. The lowest BCUT2D eigenvalue weighted by Crippen LogP contribution is -2.47. The van der Waals surface area contributed by atoms with Crippen LogP contribution in [-0.4, -0.2) is 48.5 Å². The van der Waals surface area contributed by atoms with Gasteiger partial charge >= 0.3 is 0 Å². The van der Waals surface area contributed by atoms with E-state index in [4.69, 9.17) is 9.84 Å². The summed E-state index contributed by atoms with van der Waals surface area (Å²) in [5.41, 5.74) is 0. The molecule has 2 unspecified atom stereocenters. The Labute approximate surface area is 93.4 Å². The summed E-state index contributed by atoms with van der Waals surface area (Å²) >= 11 is 0. The van der Waals surface area contributed by atoms with Crippen molar-refractivity contribution < 1.29 is 9.84 Å². The van der Waals surface area contributed by atoms with Crippen molar-refractivity contribution in [3.05, 3.63) is 0 Å². The van der Waals surface area contributed by atoms with Crippen LogP contribution in [0.1, 0.15) is 39.5 Å². The van der Waals surface area contributed by atoms with Crippen LogP contribution in [0.2, 0.25) is 0 Å². The zero-order valence-corrected chi connectivity index (χ0v) is 10.1. The summed E-state index contributed by atoms with van der Waals surface area (Å²) in [5, 5.41) is 8.66. The average molecular weight is 215 g/mol. The zero-order chi connectivity index (χ0) is 11.1. The lowest BCUT2D eigenvalue weighted by molar-refractivity contribution is -0.0496. The third-order valence-electron chi connectivity index (χ3n) is 3.09. The Kier molecular flexibility index (Phi) is 6.22. The molecule has 1 heterocycles. The van der Waals surface area contributed by atoms with Crippen LogP contribution in [0.4, 0.5) is 0 Å². The van der Waals surface area contributed by atoms with E-state index in [0.717, 1.165) is 26.0 Å². The molecule has 0 aromatic carbocycles. The van der Waals surface area contributed by atoms with E-state index in [1.54, 1.807) is 0 Å². The number of hydrogen-bond acceptors (Lipinski definition) is 3. The highest BCUT2D eigenvalue weighted by Gasteiger charge is 2.22. The van der Waals surface area contributed by atoms with E-state index in [-0.39, 0.29) is 0 Å². The summed E-state index contributed by atoms with van der Waals surface area (Å²) in [7, 11) is 0. The summed E-state index contributed by atoms with van der Waals surface area (Å²) in [5.74, 6) is 0. The topological polar surface area (TPSA) is 32.7 Å². The summed E-state index contributed by atoms with van der Waals surface area (Å²) in [6, 6.07) is 0.569. The molecule has 0 amide bonds. The minimum absolute atomic E-state index is 0.338. The van der Waals surface area contributed by atoms with E-state index < -0.39 is 0 Å². The second-order valence-corrected chi connectivity index (χ2v) is 4.63. The van der Waals surface area contributed by atoms with Crippen molar-refractivity contribution >= 4 is 0 Å². The zero-order valence-electron chi connectivity index (χ0n) is 10.1. The molecule has 2 atom stereocenters. The standard InChI is InChI=1S/C12H25NO2/c1-11-10-15-12(2)9-13(11)7-5-3-4-6-8-14/h11-12,14H,3-10H2,1-2H3. The summed E-state index contributed by atoms with van der Waals surface area (Å²) in [6.45, 7) is 7.84. The molecular weight excluding hydrogens is 190 g/mol. The number of rotatable bonds is 6. The first-order valence-electron chi connectivity index (χ1n) is 6.20. The van der Waals surface area contributed by atoms with Crippen LogP contribution >= 0.6 is 0 Å². The van der Waals surface area contributed by atoms with Crippen LogP contribution in [0.25, 0.3) is 0 Å². The van der Waals surface area contributed by atoms with Crippen molar-refractivity contribution in [2.24, 2.45) is 0 Å². The van der Waals surface area contributed by atoms with E-state index in [2.05, 4.69) is 18.7 Å². The molecule has 0 bridgehead atoms. The van der Waals surface area contributed by atoms with E-state index >= 15 is 0 Å². The Bertz CT molecular complexity index is 164. The quantitative estimate of drug-likeness (QED) is 0.684. The van der Waals surface area contributed by atoms with Crippen LogP contribution in [-0.2, 0) is 4.74 Å². The molecule has 1 fully saturated rings. The van der Waals surface area contributed by atoms with Gasteiger partial charge in [0.1, 0.15) is 0 Å². The monoisotopic (exact) mass is 215 g/mol. The number of morpholine rings is 1. The largest absolute Gasteiger partial charge is 0.396 e. The van der Waals surface area contributed by atoms with Gasteiger partial charge in [-0.2, -0.15) is 0 Å². The first-order chi connectivity index (χ1) is 7.24. The van der Waals surface area contributed by atoms with Gasteiger partial charge in [-0.25, -0.2) is 0 Å². The van der Waals surface area contributed by atoms with Gasteiger partial charge in [0, 0.05) is 19.2 Å². The minimum atomic E-state index is 0.338. The number of aliphatic hydroxyl groups is 1. The number of aliphatic hydroxyl groups excluding tert-OH is 1. The van der Waals surface area contributed by atoms with Gasteiger partial charge in [0.2, 0.25) is 0 Å². The molecule has 1 saturated heterocycles. The molecule has 0 aromatic rings. The molecule has 0 aliphatic carbocycles. The van der Waals surface area contributed by atoms with Gasteiger partial charge in [-0.1, -0.05) is 12.8 Å². The van der Waals surface area contributed by atoms with Gasteiger partial charge in [-0.05, 0) is 33.2 Å². The van der Waals surface area contributed by atoms with Crippen LogP contribution in [0.5, 0.6) is 0 Å².